The fraction of sp³-hybridized carbons (Fsp3) is 0.900. The van der Waals surface area contributed by atoms with Gasteiger partial charge < -0.3 is 10.4 Å². The smallest absolute Gasteiger partial charge is 0.233 e. The van der Waals surface area contributed by atoms with E-state index in [1.165, 1.54) is 0 Å². The normalized spacial score (nSPS) is 23.9. The molecule has 0 aromatic heterocycles. The number of aliphatic hydroxyl groups excluding tert-OH is 1. The van der Waals surface area contributed by atoms with Crippen LogP contribution in [0.1, 0.15) is 26.7 Å². The highest BCUT2D eigenvalue weighted by Crippen LogP contribution is 2.26. The highest BCUT2D eigenvalue weighted by Gasteiger charge is 2.25. The molecule has 1 amide bonds. The molecule has 1 fully saturated rings. The van der Waals surface area contributed by atoms with Gasteiger partial charge in [-0.3, -0.25) is 4.79 Å². The maximum absolute atomic E-state index is 11.7. The summed E-state index contributed by atoms with van der Waals surface area (Å²) in [4.78, 5) is 11.7. The number of thioether (sulfide) groups is 1. The Bertz CT molecular complexity index is 191. The van der Waals surface area contributed by atoms with Crippen molar-refractivity contribution in [1.82, 2.24) is 5.32 Å². The van der Waals surface area contributed by atoms with Crippen LogP contribution >= 0.6 is 11.8 Å². The molecule has 3 nitrogen and oxygen atoms in total. The third-order valence-corrected chi connectivity index (χ3v) is 3.93. The molecule has 1 heterocycles. The van der Waals surface area contributed by atoms with Crippen molar-refractivity contribution < 1.29 is 9.90 Å². The van der Waals surface area contributed by atoms with E-state index >= 15 is 0 Å². The highest BCUT2D eigenvalue weighted by atomic mass is 32.2. The van der Waals surface area contributed by atoms with Crippen LogP contribution in [-0.4, -0.2) is 34.7 Å². The van der Waals surface area contributed by atoms with Gasteiger partial charge in [-0.15, -0.1) is 11.8 Å². The number of amides is 1. The molecule has 2 unspecified atom stereocenters. The van der Waals surface area contributed by atoms with Gasteiger partial charge in [0, 0.05) is 0 Å². The zero-order chi connectivity index (χ0) is 10.6. The molecular weight excluding hydrogens is 198 g/mol. The predicted molar refractivity (Wildman–Crippen MR) is 59.3 cm³/mol. The monoisotopic (exact) mass is 217 g/mol. The number of carbonyl (C=O) groups is 1. The van der Waals surface area contributed by atoms with Crippen LogP contribution in [-0.2, 0) is 4.79 Å². The summed E-state index contributed by atoms with van der Waals surface area (Å²) in [6.07, 6.45) is 2.11. The van der Waals surface area contributed by atoms with Gasteiger partial charge in [0.1, 0.15) is 0 Å². The number of carbonyl (C=O) groups excluding carboxylic acids is 1. The molecule has 1 aliphatic heterocycles. The minimum Gasteiger partial charge on any atom is -0.394 e. The molecule has 82 valence electrons. The Balaban J connectivity index is 2.37. The molecule has 0 aromatic carbocycles. The Morgan fingerprint density at radius 3 is 2.79 bits per heavy atom. The Morgan fingerprint density at radius 2 is 2.36 bits per heavy atom. The van der Waals surface area contributed by atoms with Gasteiger partial charge in [0.05, 0.1) is 17.9 Å². The first kappa shape index (κ1) is 11.9. The summed E-state index contributed by atoms with van der Waals surface area (Å²) < 4.78 is 0. The van der Waals surface area contributed by atoms with Gasteiger partial charge >= 0.3 is 0 Å². The van der Waals surface area contributed by atoms with Crippen LogP contribution in [0.5, 0.6) is 0 Å². The Morgan fingerprint density at radius 1 is 1.64 bits per heavy atom. The standard InChI is InChI=1S/C10H19NO2S/c1-7(2)8(6-12)11-10(13)9-4-3-5-14-9/h7-9,12H,3-6H2,1-2H3,(H,11,13). The fourth-order valence-electron chi connectivity index (χ4n) is 1.48. The molecule has 1 rings (SSSR count). The SMILES string of the molecule is CC(C)C(CO)NC(=O)C1CCCS1. The van der Waals surface area contributed by atoms with E-state index in [0.717, 1.165) is 18.6 Å². The van der Waals surface area contributed by atoms with Gasteiger partial charge in [-0.1, -0.05) is 13.8 Å². The van der Waals surface area contributed by atoms with E-state index in [9.17, 15) is 4.79 Å². The summed E-state index contributed by atoms with van der Waals surface area (Å²) in [5, 5.41) is 12.1. The third kappa shape index (κ3) is 3.17. The lowest BCUT2D eigenvalue weighted by Gasteiger charge is -2.21. The summed E-state index contributed by atoms with van der Waals surface area (Å²) in [7, 11) is 0. The maximum atomic E-state index is 11.7. The molecule has 2 N–H and O–H groups in total. The second-order valence-corrected chi connectivity index (χ2v) is 5.35. The lowest BCUT2D eigenvalue weighted by atomic mass is 10.1. The van der Waals surface area contributed by atoms with Crippen molar-refractivity contribution in [3.63, 3.8) is 0 Å². The van der Waals surface area contributed by atoms with Crippen LogP contribution in [0.4, 0.5) is 0 Å². The Hall–Kier alpha value is -0.220. The van der Waals surface area contributed by atoms with Crippen LogP contribution in [0.25, 0.3) is 0 Å². The zero-order valence-electron chi connectivity index (χ0n) is 8.82. The van der Waals surface area contributed by atoms with E-state index in [1.54, 1.807) is 11.8 Å². The molecule has 0 saturated carbocycles. The molecule has 0 aliphatic carbocycles. The van der Waals surface area contributed by atoms with E-state index < -0.39 is 0 Å². The van der Waals surface area contributed by atoms with Gasteiger partial charge in [0.25, 0.3) is 0 Å². The second kappa shape index (κ2) is 5.61. The van der Waals surface area contributed by atoms with Gasteiger partial charge in [-0.05, 0) is 24.5 Å². The van der Waals surface area contributed by atoms with Crippen molar-refractivity contribution in [2.75, 3.05) is 12.4 Å². The molecule has 4 heteroatoms. The minimum atomic E-state index is -0.0938. The molecule has 0 aromatic rings. The second-order valence-electron chi connectivity index (χ2n) is 4.04. The van der Waals surface area contributed by atoms with Gasteiger partial charge in [0.2, 0.25) is 5.91 Å². The molecule has 0 spiro atoms. The van der Waals surface area contributed by atoms with Crippen LogP contribution in [0.2, 0.25) is 0 Å². The lowest BCUT2D eigenvalue weighted by Crippen LogP contribution is -2.44. The number of hydrogen-bond acceptors (Lipinski definition) is 3. The van der Waals surface area contributed by atoms with Crippen LogP contribution in [0.15, 0.2) is 0 Å². The molecule has 0 radical (unpaired) electrons. The van der Waals surface area contributed by atoms with E-state index in [0.29, 0.717) is 0 Å². The predicted octanol–water partition coefficient (Wildman–Crippen LogP) is 1.02. The van der Waals surface area contributed by atoms with Crippen molar-refractivity contribution in [2.24, 2.45) is 5.92 Å². The molecular formula is C10H19NO2S. The third-order valence-electron chi connectivity index (χ3n) is 2.55. The topological polar surface area (TPSA) is 49.3 Å². The molecule has 2 atom stereocenters. The Labute approximate surface area is 89.6 Å². The van der Waals surface area contributed by atoms with Crippen molar-refractivity contribution in [3.8, 4) is 0 Å². The van der Waals surface area contributed by atoms with E-state index in [1.807, 2.05) is 13.8 Å². The van der Waals surface area contributed by atoms with Crippen molar-refractivity contribution in [3.05, 3.63) is 0 Å². The van der Waals surface area contributed by atoms with Gasteiger partial charge in [-0.2, -0.15) is 0 Å². The quantitative estimate of drug-likeness (QED) is 0.739. The molecule has 0 bridgehead atoms. The van der Waals surface area contributed by atoms with Crippen molar-refractivity contribution >= 4 is 17.7 Å². The average Bonchev–Trinajstić information content (AvgIpc) is 2.65. The minimum absolute atomic E-state index is 0.0286. The first-order valence-electron chi connectivity index (χ1n) is 5.18. The fourth-order valence-corrected chi connectivity index (χ4v) is 2.65. The van der Waals surface area contributed by atoms with Crippen molar-refractivity contribution in [1.29, 1.82) is 0 Å². The number of hydrogen-bond donors (Lipinski definition) is 2. The number of rotatable bonds is 4. The summed E-state index contributed by atoms with van der Waals surface area (Å²) in [5.74, 6) is 1.47. The first-order valence-corrected chi connectivity index (χ1v) is 6.23. The van der Waals surface area contributed by atoms with Crippen molar-refractivity contribution in [2.45, 2.75) is 38.0 Å². The van der Waals surface area contributed by atoms with E-state index in [4.69, 9.17) is 5.11 Å². The Kier molecular flexibility index (Phi) is 4.75. The van der Waals surface area contributed by atoms with Gasteiger partial charge in [-0.25, -0.2) is 0 Å². The van der Waals surface area contributed by atoms with E-state index in [2.05, 4.69) is 5.32 Å². The summed E-state index contributed by atoms with van der Waals surface area (Å²) in [6, 6.07) is -0.0938. The summed E-state index contributed by atoms with van der Waals surface area (Å²) >= 11 is 1.72. The first-order chi connectivity index (χ1) is 6.65. The highest BCUT2D eigenvalue weighted by molar-refractivity contribution is 8.00. The van der Waals surface area contributed by atoms with Gasteiger partial charge in [0.15, 0.2) is 0 Å². The average molecular weight is 217 g/mol. The van der Waals surface area contributed by atoms with Crippen LogP contribution in [0.3, 0.4) is 0 Å². The zero-order valence-corrected chi connectivity index (χ0v) is 9.64. The van der Waals surface area contributed by atoms with Crippen LogP contribution < -0.4 is 5.32 Å². The number of aliphatic hydroxyl groups is 1. The summed E-state index contributed by atoms with van der Waals surface area (Å²) in [6.45, 7) is 4.03. The largest absolute Gasteiger partial charge is 0.394 e. The van der Waals surface area contributed by atoms with Crippen LogP contribution in [0, 0.1) is 5.92 Å². The number of nitrogens with one attached hydrogen (secondary N) is 1. The molecule has 1 saturated heterocycles. The molecule has 14 heavy (non-hydrogen) atoms. The summed E-state index contributed by atoms with van der Waals surface area (Å²) in [5.41, 5.74) is 0. The molecule has 1 aliphatic rings. The lowest BCUT2D eigenvalue weighted by molar-refractivity contribution is -0.121. The maximum Gasteiger partial charge on any atom is 0.233 e. The van der Waals surface area contributed by atoms with E-state index in [-0.39, 0.29) is 29.7 Å².